The number of alkyl halides is 3. The molecule has 0 radical (unpaired) electrons. The SMILES string of the molecule is O=C(NCc1cccc(C(F)(F)F)c1)c1cccc(CN2CCN(c3ccc(Cl)cc3)CC2)c1. The van der Waals surface area contributed by atoms with E-state index >= 15 is 0 Å². The predicted molar refractivity (Wildman–Crippen MR) is 128 cm³/mol. The van der Waals surface area contributed by atoms with E-state index in [1.165, 1.54) is 6.07 Å². The first-order valence-electron chi connectivity index (χ1n) is 11.0. The molecule has 0 atom stereocenters. The molecule has 8 heteroatoms. The first kappa shape index (κ1) is 24.1. The smallest absolute Gasteiger partial charge is 0.369 e. The van der Waals surface area contributed by atoms with Gasteiger partial charge in [0.1, 0.15) is 0 Å². The lowest BCUT2D eigenvalue weighted by molar-refractivity contribution is -0.137. The molecule has 178 valence electrons. The summed E-state index contributed by atoms with van der Waals surface area (Å²) in [6, 6.07) is 20.2. The summed E-state index contributed by atoms with van der Waals surface area (Å²) in [6.45, 7) is 4.35. The highest BCUT2D eigenvalue weighted by Gasteiger charge is 2.30. The minimum atomic E-state index is -4.41. The van der Waals surface area contributed by atoms with Crippen LogP contribution in [-0.4, -0.2) is 37.0 Å². The predicted octanol–water partition coefficient (Wildman–Crippen LogP) is 5.61. The van der Waals surface area contributed by atoms with Crippen molar-refractivity contribution < 1.29 is 18.0 Å². The van der Waals surface area contributed by atoms with E-state index in [-0.39, 0.29) is 12.5 Å². The van der Waals surface area contributed by atoms with E-state index in [1.54, 1.807) is 12.1 Å². The molecule has 1 fully saturated rings. The minimum absolute atomic E-state index is 0.0274. The highest BCUT2D eigenvalue weighted by Crippen LogP contribution is 2.29. The summed E-state index contributed by atoms with van der Waals surface area (Å²) < 4.78 is 38.7. The van der Waals surface area contributed by atoms with Crippen LogP contribution in [0.2, 0.25) is 5.02 Å². The second kappa shape index (κ2) is 10.5. The maximum Gasteiger partial charge on any atom is 0.416 e. The number of nitrogens with zero attached hydrogens (tertiary/aromatic N) is 2. The Labute approximate surface area is 201 Å². The molecule has 1 N–H and O–H groups in total. The molecule has 0 unspecified atom stereocenters. The first-order valence-corrected chi connectivity index (χ1v) is 11.4. The number of hydrogen-bond acceptors (Lipinski definition) is 3. The van der Waals surface area contributed by atoms with Gasteiger partial charge in [0.25, 0.3) is 5.91 Å². The normalized spacial score (nSPS) is 14.8. The zero-order valence-corrected chi connectivity index (χ0v) is 19.2. The summed E-state index contributed by atoms with van der Waals surface area (Å²) in [5, 5.41) is 3.44. The Morgan fingerprint density at radius 3 is 2.26 bits per heavy atom. The number of carbonyl (C=O) groups is 1. The van der Waals surface area contributed by atoms with Crippen LogP contribution in [0.25, 0.3) is 0 Å². The third kappa shape index (κ3) is 6.30. The molecule has 4 nitrogen and oxygen atoms in total. The van der Waals surface area contributed by atoms with Crippen molar-refractivity contribution in [3.8, 4) is 0 Å². The number of anilines is 1. The standard InChI is InChI=1S/C26H25ClF3N3O/c27-23-7-9-24(10-8-23)33-13-11-32(12-14-33)18-20-4-1-5-21(15-20)25(34)31-17-19-3-2-6-22(16-19)26(28,29)30/h1-10,15-16H,11-14,17-18H2,(H,31,34). The van der Waals surface area contributed by atoms with E-state index in [1.807, 2.05) is 42.5 Å². The fraction of sp³-hybridized carbons (Fsp3) is 0.269. The number of carbonyl (C=O) groups excluding carboxylic acids is 1. The van der Waals surface area contributed by atoms with Gasteiger partial charge in [0, 0.05) is 55.5 Å². The molecule has 1 amide bonds. The van der Waals surface area contributed by atoms with E-state index in [0.29, 0.717) is 11.1 Å². The number of benzene rings is 3. The van der Waals surface area contributed by atoms with Crippen molar-refractivity contribution >= 4 is 23.2 Å². The van der Waals surface area contributed by atoms with Crippen LogP contribution in [0.5, 0.6) is 0 Å². The molecular formula is C26H25ClF3N3O. The van der Waals surface area contributed by atoms with Crippen molar-refractivity contribution in [2.24, 2.45) is 0 Å². The number of hydrogen-bond donors (Lipinski definition) is 1. The molecule has 0 bridgehead atoms. The van der Waals surface area contributed by atoms with Crippen molar-refractivity contribution in [1.82, 2.24) is 10.2 Å². The molecular weight excluding hydrogens is 463 g/mol. The average molecular weight is 488 g/mol. The van der Waals surface area contributed by atoms with Crippen LogP contribution in [-0.2, 0) is 19.3 Å². The van der Waals surface area contributed by atoms with E-state index in [0.717, 1.165) is 61.1 Å². The molecule has 0 spiro atoms. The van der Waals surface area contributed by atoms with Gasteiger partial charge in [0.2, 0.25) is 0 Å². The summed E-state index contributed by atoms with van der Waals surface area (Å²) in [7, 11) is 0. The van der Waals surface area contributed by atoms with Crippen LogP contribution in [0.15, 0.2) is 72.8 Å². The van der Waals surface area contributed by atoms with Gasteiger partial charge >= 0.3 is 6.18 Å². The van der Waals surface area contributed by atoms with Crippen LogP contribution >= 0.6 is 11.6 Å². The summed E-state index contributed by atoms with van der Waals surface area (Å²) >= 11 is 5.98. The number of piperazine rings is 1. The van der Waals surface area contributed by atoms with Gasteiger partial charge in [0.15, 0.2) is 0 Å². The van der Waals surface area contributed by atoms with Crippen molar-refractivity contribution in [3.63, 3.8) is 0 Å². The summed E-state index contributed by atoms with van der Waals surface area (Å²) in [6.07, 6.45) is -4.41. The van der Waals surface area contributed by atoms with Gasteiger partial charge in [-0.3, -0.25) is 9.69 Å². The minimum Gasteiger partial charge on any atom is -0.369 e. The number of amides is 1. The fourth-order valence-electron chi connectivity index (χ4n) is 4.03. The Kier molecular flexibility index (Phi) is 7.44. The highest BCUT2D eigenvalue weighted by atomic mass is 35.5. The van der Waals surface area contributed by atoms with E-state index in [2.05, 4.69) is 15.1 Å². The lowest BCUT2D eigenvalue weighted by atomic mass is 10.1. The molecule has 0 aromatic heterocycles. The van der Waals surface area contributed by atoms with Crippen molar-refractivity contribution in [1.29, 1.82) is 0 Å². The average Bonchev–Trinajstić information content (AvgIpc) is 2.83. The lowest BCUT2D eigenvalue weighted by Crippen LogP contribution is -2.45. The second-order valence-electron chi connectivity index (χ2n) is 8.32. The Hall–Kier alpha value is -3.03. The Morgan fingerprint density at radius 2 is 1.56 bits per heavy atom. The Morgan fingerprint density at radius 1 is 0.882 bits per heavy atom. The summed E-state index contributed by atoms with van der Waals surface area (Å²) in [4.78, 5) is 17.3. The highest BCUT2D eigenvalue weighted by molar-refractivity contribution is 6.30. The quantitative estimate of drug-likeness (QED) is 0.491. The van der Waals surface area contributed by atoms with Gasteiger partial charge in [-0.15, -0.1) is 0 Å². The van der Waals surface area contributed by atoms with Crippen LogP contribution < -0.4 is 10.2 Å². The van der Waals surface area contributed by atoms with Crippen LogP contribution in [0.1, 0.15) is 27.0 Å². The van der Waals surface area contributed by atoms with E-state index in [9.17, 15) is 18.0 Å². The van der Waals surface area contributed by atoms with Crippen molar-refractivity contribution in [3.05, 3.63) is 100 Å². The molecule has 0 aliphatic carbocycles. The maximum absolute atomic E-state index is 12.9. The van der Waals surface area contributed by atoms with Crippen molar-refractivity contribution in [2.45, 2.75) is 19.3 Å². The Balaban J connectivity index is 1.31. The van der Waals surface area contributed by atoms with E-state index in [4.69, 9.17) is 11.6 Å². The monoisotopic (exact) mass is 487 g/mol. The molecule has 1 aliphatic rings. The summed E-state index contributed by atoms with van der Waals surface area (Å²) in [5.74, 6) is -0.313. The van der Waals surface area contributed by atoms with Gasteiger partial charge in [-0.25, -0.2) is 0 Å². The fourth-order valence-corrected chi connectivity index (χ4v) is 4.15. The van der Waals surface area contributed by atoms with Crippen molar-refractivity contribution in [2.75, 3.05) is 31.1 Å². The number of rotatable bonds is 6. The maximum atomic E-state index is 12.9. The Bertz CT molecular complexity index is 1130. The van der Waals surface area contributed by atoms with Gasteiger partial charge < -0.3 is 10.2 Å². The lowest BCUT2D eigenvalue weighted by Gasteiger charge is -2.36. The molecule has 0 saturated carbocycles. The molecule has 1 aliphatic heterocycles. The van der Waals surface area contributed by atoms with Gasteiger partial charge in [-0.1, -0.05) is 35.9 Å². The third-order valence-corrected chi connectivity index (χ3v) is 6.12. The number of halogens is 4. The zero-order valence-electron chi connectivity index (χ0n) is 18.5. The zero-order chi connectivity index (χ0) is 24.1. The first-order chi connectivity index (χ1) is 16.3. The topological polar surface area (TPSA) is 35.6 Å². The molecule has 3 aromatic carbocycles. The largest absolute Gasteiger partial charge is 0.416 e. The van der Waals surface area contributed by atoms with Crippen LogP contribution in [0, 0.1) is 0 Å². The molecule has 34 heavy (non-hydrogen) atoms. The number of nitrogens with one attached hydrogen (secondary N) is 1. The van der Waals surface area contributed by atoms with Gasteiger partial charge in [-0.2, -0.15) is 13.2 Å². The van der Waals surface area contributed by atoms with Gasteiger partial charge in [-0.05, 0) is 59.7 Å². The van der Waals surface area contributed by atoms with Gasteiger partial charge in [0.05, 0.1) is 5.56 Å². The molecule has 3 aromatic rings. The van der Waals surface area contributed by atoms with Crippen LogP contribution in [0.4, 0.5) is 18.9 Å². The van der Waals surface area contributed by atoms with Crippen LogP contribution in [0.3, 0.4) is 0 Å². The molecule has 4 rings (SSSR count). The molecule has 1 saturated heterocycles. The molecule has 1 heterocycles. The third-order valence-electron chi connectivity index (χ3n) is 5.87. The summed E-state index contributed by atoms with van der Waals surface area (Å²) in [5.41, 5.74) is 2.34. The van der Waals surface area contributed by atoms with E-state index < -0.39 is 11.7 Å². The second-order valence-corrected chi connectivity index (χ2v) is 8.76.